The third kappa shape index (κ3) is 4.67. The Labute approximate surface area is 163 Å². The third-order valence-electron chi connectivity index (χ3n) is 4.33. The monoisotopic (exact) mass is 385 g/mol. The van der Waals surface area contributed by atoms with Crippen molar-refractivity contribution in [1.29, 1.82) is 0 Å². The van der Waals surface area contributed by atoms with Crippen LogP contribution in [-0.4, -0.2) is 66.8 Å². The van der Waals surface area contributed by atoms with Crippen LogP contribution >= 0.6 is 0 Å². The van der Waals surface area contributed by atoms with Crippen molar-refractivity contribution in [2.75, 3.05) is 50.1 Å². The molecular formula is C19H23N5O4. The lowest BCUT2D eigenvalue weighted by atomic mass is 10.3. The molecule has 1 aliphatic rings. The molecule has 2 heterocycles. The number of rotatable bonds is 5. The van der Waals surface area contributed by atoms with Crippen LogP contribution in [0.15, 0.2) is 36.7 Å². The lowest BCUT2D eigenvalue weighted by Gasteiger charge is -2.34. The summed E-state index contributed by atoms with van der Waals surface area (Å²) in [5, 5.41) is 2.77. The number of amides is 2. The van der Waals surface area contributed by atoms with Gasteiger partial charge in [-0.15, -0.1) is 0 Å². The molecule has 2 aromatic rings. The van der Waals surface area contributed by atoms with E-state index < -0.39 is 0 Å². The second-order valence-electron chi connectivity index (χ2n) is 6.12. The summed E-state index contributed by atoms with van der Waals surface area (Å²) < 4.78 is 10.2. The number of nitrogens with zero attached hydrogens (tertiary/aromatic N) is 4. The smallest absolute Gasteiger partial charge is 0.409 e. The Morgan fingerprint density at radius 3 is 2.57 bits per heavy atom. The van der Waals surface area contributed by atoms with Crippen molar-refractivity contribution in [3.05, 3.63) is 42.4 Å². The van der Waals surface area contributed by atoms with Crippen molar-refractivity contribution >= 4 is 23.5 Å². The summed E-state index contributed by atoms with van der Waals surface area (Å²) in [4.78, 5) is 36.4. The maximum absolute atomic E-state index is 12.4. The van der Waals surface area contributed by atoms with Crippen LogP contribution in [0.4, 0.5) is 16.3 Å². The number of nitrogens with one attached hydrogen (secondary N) is 1. The number of benzene rings is 1. The normalized spacial score (nSPS) is 13.8. The van der Waals surface area contributed by atoms with Crippen LogP contribution in [0.1, 0.15) is 17.4 Å². The summed E-state index contributed by atoms with van der Waals surface area (Å²) in [6.45, 7) is 4.52. The molecule has 1 aromatic carbocycles. The molecule has 1 aromatic heterocycles. The van der Waals surface area contributed by atoms with Crippen LogP contribution in [0.3, 0.4) is 0 Å². The van der Waals surface area contributed by atoms with E-state index in [0.717, 1.165) is 0 Å². The van der Waals surface area contributed by atoms with Crippen LogP contribution in [-0.2, 0) is 4.74 Å². The number of aromatic nitrogens is 2. The fourth-order valence-electron chi connectivity index (χ4n) is 2.83. The summed E-state index contributed by atoms with van der Waals surface area (Å²) in [5.41, 5.74) is 0.835. The summed E-state index contributed by atoms with van der Waals surface area (Å²) >= 11 is 0. The van der Waals surface area contributed by atoms with Gasteiger partial charge in [0.1, 0.15) is 17.3 Å². The van der Waals surface area contributed by atoms with Crippen molar-refractivity contribution in [3.8, 4) is 5.75 Å². The summed E-state index contributed by atoms with van der Waals surface area (Å²) in [6.07, 6.45) is 2.72. The van der Waals surface area contributed by atoms with E-state index in [1.54, 1.807) is 49.4 Å². The van der Waals surface area contributed by atoms with Gasteiger partial charge in [0.2, 0.25) is 0 Å². The standard InChI is InChI=1S/C19H23N5O4/c1-3-28-19(26)24-9-7-23(8-10-24)17-13-20-16(12-21-17)18(25)22-14-5-4-6-15(11-14)27-2/h4-6,11-13H,3,7-10H2,1-2H3,(H,22,25). The number of piperazine rings is 1. The van der Waals surface area contributed by atoms with Gasteiger partial charge >= 0.3 is 6.09 Å². The van der Waals surface area contributed by atoms with E-state index in [1.165, 1.54) is 6.20 Å². The van der Waals surface area contributed by atoms with Gasteiger partial charge in [0, 0.05) is 37.9 Å². The minimum atomic E-state index is -0.348. The fourth-order valence-corrected chi connectivity index (χ4v) is 2.83. The zero-order valence-corrected chi connectivity index (χ0v) is 15.9. The van der Waals surface area contributed by atoms with Crippen molar-refractivity contribution < 1.29 is 19.1 Å². The van der Waals surface area contributed by atoms with Crippen molar-refractivity contribution in [1.82, 2.24) is 14.9 Å². The molecule has 148 valence electrons. The first kappa shape index (κ1) is 19.4. The second-order valence-corrected chi connectivity index (χ2v) is 6.12. The number of hydrogen-bond donors (Lipinski definition) is 1. The van der Waals surface area contributed by atoms with Gasteiger partial charge in [-0.1, -0.05) is 6.07 Å². The van der Waals surface area contributed by atoms with Gasteiger partial charge in [-0.3, -0.25) is 4.79 Å². The maximum atomic E-state index is 12.4. The van der Waals surface area contributed by atoms with Crippen LogP contribution in [0.2, 0.25) is 0 Å². The van der Waals surface area contributed by atoms with Gasteiger partial charge in [-0.25, -0.2) is 14.8 Å². The molecule has 1 N–H and O–H groups in total. The Hall–Kier alpha value is -3.36. The number of carbonyl (C=O) groups excluding carboxylic acids is 2. The second kappa shape index (κ2) is 9.03. The number of ether oxygens (including phenoxy) is 2. The summed E-state index contributed by atoms with van der Waals surface area (Å²) in [7, 11) is 1.57. The lowest BCUT2D eigenvalue weighted by Crippen LogP contribution is -2.49. The van der Waals surface area contributed by atoms with Crippen molar-refractivity contribution in [2.24, 2.45) is 0 Å². The molecule has 0 bridgehead atoms. The minimum absolute atomic E-state index is 0.219. The van der Waals surface area contributed by atoms with E-state index in [4.69, 9.17) is 9.47 Å². The quantitative estimate of drug-likeness (QED) is 0.841. The Bertz CT molecular complexity index is 819. The zero-order chi connectivity index (χ0) is 19.9. The Kier molecular flexibility index (Phi) is 6.25. The predicted octanol–water partition coefficient (Wildman–Crippen LogP) is 2.02. The highest BCUT2D eigenvalue weighted by Crippen LogP contribution is 2.18. The van der Waals surface area contributed by atoms with E-state index in [1.807, 2.05) is 4.90 Å². The maximum Gasteiger partial charge on any atom is 0.409 e. The highest BCUT2D eigenvalue weighted by atomic mass is 16.6. The summed E-state index contributed by atoms with van der Waals surface area (Å²) in [6, 6.07) is 7.08. The molecule has 9 nitrogen and oxygen atoms in total. The molecule has 0 aliphatic carbocycles. The summed E-state index contributed by atoms with van der Waals surface area (Å²) in [5.74, 6) is 0.974. The molecule has 2 amide bonds. The first-order chi connectivity index (χ1) is 13.6. The Morgan fingerprint density at radius 1 is 1.14 bits per heavy atom. The van der Waals surface area contributed by atoms with E-state index in [2.05, 4.69) is 15.3 Å². The van der Waals surface area contributed by atoms with Gasteiger partial charge in [0.05, 0.1) is 26.1 Å². The molecule has 0 unspecified atom stereocenters. The molecule has 0 spiro atoms. The average Bonchev–Trinajstić information content (AvgIpc) is 2.74. The molecule has 3 rings (SSSR count). The van der Waals surface area contributed by atoms with Crippen LogP contribution in [0, 0.1) is 0 Å². The zero-order valence-electron chi connectivity index (χ0n) is 15.9. The van der Waals surface area contributed by atoms with Crippen LogP contribution < -0.4 is 15.0 Å². The number of carbonyl (C=O) groups is 2. The molecule has 9 heteroatoms. The molecular weight excluding hydrogens is 362 g/mol. The van der Waals surface area contributed by atoms with E-state index in [0.29, 0.717) is 50.0 Å². The number of hydrogen-bond acceptors (Lipinski definition) is 7. The van der Waals surface area contributed by atoms with Gasteiger partial charge in [-0.2, -0.15) is 0 Å². The van der Waals surface area contributed by atoms with Crippen LogP contribution in [0.25, 0.3) is 0 Å². The fraction of sp³-hybridized carbons (Fsp3) is 0.368. The topological polar surface area (TPSA) is 96.9 Å². The van der Waals surface area contributed by atoms with E-state index in [9.17, 15) is 9.59 Å². The van der Waals surface area contributed by atoms with Crippen molar-refractivity contribution in [2.45, 2.75) is 6.92 Å². The van der Waals surface area contributed by atoms with Gasteiger partial charge < -0.3 is 24.6 Å². The molecule has 1 fully saturated rings. The highest BCUT2D eigenvalue weighted by molar-refractivity contribution is 6.02. The number of anilines is 2. The van der Waals surface area contributed by atoms with Gasteiger partial charge in [-0.05, 0) is 19.1 Å². The van der Waals surface area contributed by atoms with Gasteiger partial charge in [0.15, 0.2) is 0 Å². The number of methoxy groups -OCH3 is 1. The van der Waals surface area contributed by atoms with E-state index in [-0.39, 0.29) is 17.7 Å². The lowest BCUT2D eigenvalue weighted by molar-refractivity contribution is 0.101. The molecule has 1 saturated heterocycles. The van der Waals surface area contributed by atoms with Gasteiger partial charge in [0.25, 0.3) is 5.91 Å². The predicted molar refractivity (Wildman–Crippen MR) is 104 cm³/mol. The first-order valence-corrected chi connectivity index (χ1v) is 9.04. The van der Waals surface area contributed by atoms with Crippen molar-refractivity contribution in [3.63, 3.8) is 0 Å². The SMILES string of the molecule is CCOC(=O)N1CCN(c2cnc(C(=O)Nc3cccc(OC)c3)cn2)CC1. The van der Waals surface area contributed by atoms with E-state index >= 15 is 0 Å². The highest BCUT2D eigenvalue weighted by Gasteiger charge is 2.23. The first-order valence-electron chi connectivity index (χ1n) is 9.04. The molecule has 28 heavy (non-hydrogen) atoms. The Balaban J connectivity index is 1.57. The van der Waals surface area contributed by atoms with Crippen LogP contribution in [0.5, 0.6) is 5.75 Å². The molecule has 1 aliphatic heterocycles. The Morgan fingerprint density at radius 2 is 1.93 bits per heavy atom. The molecule has 0 saturated carbocycles. The largest absolute Gasteiger partial charge is 0.497 e. The average molecular weight is 385 g/mol. The third-order valence-corrected chi connectivity index (χ3v) is 4.33. The minimum Gasteiger partial charge on any atom is -0.497 e. The molecule has 0 radical (unpaired) electrons. The molecule has 0 atom stereocenters.